The lowest BCUT2D eigenvalue weighted by Gasteiger charge is -2.08. The van der Waals surface area contributed by atoms with E-state index in [1.54, 1.807) is 30.3 Å². The number of carbonyl (C=O) groups excluding carboxylic acids is 1. The first kappa shape index (κ1) is 18.3. The van der Waals surface area contributed by atoms with Gasteiger partial charge in [0, 0.05) is 16.5 Å². The smallest absolute Gasteiger partial charge is 0.349 e. The van der Waals surface area contributed by atoms with Gasteiger partial charge in [-0.2, -0.15) is 0 Å². The van der Waals surface area contributed by atoms with E-state index in [4.69, 9.17) is 32.4 Å². The predicted octanol–water partition coefficient (Wildman–Crippen LogP) is 5.14. The quantitative estimate of drug-likeness (QED) is 0.611. The molecule has 0 aliphatic heterocycles. The molecular weight excluding hydrogens is 377 g/mol. The first-order chi connectivity index (χ1) is 12.5. The summed E-state index contributed by atoms with van der Waals surface area (Å²) >= 11 is 11.9. The van der Waals surface area contributed by atoms with Gasteiger partial charge in [-0.05, 0) is 42.8 Å². The summed E-state index contributed by atoms with van der Waals surface area (Å²) in [6.07, 6.45) is 0.869. The van der Waals surface area contributed by atoms with Crippen molar-refractivity contribution in [2.75, 3.05) is 11.9 Å². The van der Waals surface area contributed by atoms with Crippen LogP contribution in [0.4, 0.5) is 5.69 Å². The fourth-order valence-electron chi connectivity index (χ4n) is 2.34. The average molecular weight is 392 g/mol. The highest BCUT2D eigenvalue weighted by Crippen LogP contribution is 2.26. The van der Waals surface area contributed by atoms with Gasteiger partial charge in [-0.3, -0.25) is 4.79 Å². The SMILES string of the molecule is CCCOc1ccc2cc(C(=O)Nc3ccc(Cl)cc3Cl)c(=O)oc2c1. The summed E-state index contributed by atoms with van der Waals surface area (Å²) in [4.78, 5) is 24.6. The number of benzene rings is 2. The molecule has 5 nitrogen and oxygen atoms in total. The lowest BCUT2D eigenvalue weighted by Crippen LogP contribution is -2.20. The Morgan fingerprint density at radius 1 is 1.15 bits per heavy atom. The molecule has 0 bridgehead atoms. The van der Waals surface area contributed by atoms with Gasteiger partial charge < -0.3 is 14.5 Å². The predicted molar refractivity (Wildman–Crippen MR) is 103 cm³/mol. The Hall–Kier alpha value is -2.50. The third kappa shape index (κ3) is 4.00. The normalized spacial score (nSPS) is 10.7. The number of anilines is 1. The number of nitrogens with one attached hydrogen (secondary N) is 1. The van der Waals surface area contributed by atoms with Crippen LogP contribution >= 0.6 is 23.2 Å². The number of hydrogen-bond acceptors (Lipinski definition) is 4. The molecule has 0 atom stereocenters. The average Bonchev–Trinajstić information content (AvgIpc) is 2.61. The zero-order chi connectivity index (χ0) is 18.7. The summed E-state index contributed by atoms with van der Waals surface area (Å²) in [6, 6.07) is 11.2. The van der Waals surface area contributed by atoms with Crippen molar-refractivity contribution < 1.29 is 13.9 Å². The molecule has 134 valence electrons. The molecular formula is C19H15Cl2NO4. The summed E-state index contributed by atoms with van der Waals surface area (Å²) in [6.45, 7) is 2.57. The molecule has 0 aliphatic carbocycles. The van der Waals surface area contributed by atoms with Gasteiger partial charge in [0.05, 0.1) is 17.3 Å². The molecule has 0 aliphatic rings. The molecule has 1 heterocycles. The van der Waals surface area contributed by atoms with Gasteiger partial charge in [0.25, 0.3) is 5.91 Å². The van der Waals surface area contributed by atoms with Crippen LogP contribution in [0.3, 0.4) is 0 Å². The van der Waals surface area contributed by atoms with E-state index in [1.165, 1.54) is 12.1 Å². The van der Waals surface area contributed by atoms with E-state index in [-0.39, 0.29) is 10.6 Å². The minimum Gasteiger partial charge on any atom is -0.493 e. The minimum atomic E-state index is -0.743. The second-order valence-corrected chi connectivity index (χ2v) is 6.42. The van der Waals surface area contributed by atoms with Crippen molar-refractivity contribution in [3.05, 3.63) is 68.5 Å². The molecule has 0 fully saturated rings. The number of amides is 1. The van der Waals surface area contributed by atoms with Gasteiger partial charge in [-0.15, -0.1) is 0 Å². The first-order valence-corrected chi connectivity index (χ1v) is 8.70. The summed E-state index contributed by atoms with van der Waals surface area (Å²) < 4.78 is 10.8. The fourth-order valence-corrected chi connectivity index (χ4v) is 2.80. The number of hydrogen-bond donors (Lipinski definition) is 1. The molecule has 3 aromatic rings. The number of fused-ring (bicyclic) bond motifs is 1. The van der Waals surface area contributed by atoms with E-state index in [1.807, 2.05) is 6.92 Å². The van der Waals surface area contributed by atoms with Crippen LogP contribution in [0.5, 0.6) is 5.75 Å². The van der Waals surface area contributed by atoms with E-state index in [9.17, 15) is 9.59 Å². The zero-order valence-electron chi connectivity index (χ0n) is 13.8. The number of ether oxygens (including phenoxy) is 1. The lowest BCUT2D eigenvalue weighted by atomic mass is 10.1. The van der Waals surface area contributed by atoms with Crippen LogP contribution < -0.4 is 15.7 Å². The van der Waals surface area contributed by atoms with E-state index < -0.39 is 11.5 Å². The molecule has 1 amide bonds. The topological polar surface area (TPSA) is 68.5 Å². The maximum atomic E-state index is 12.4. The maximum Gasteiger partial charge on any atom is 0.349 e. The molecule has 2 aromatic carbocycles. The minimum absolute atomic E-state index is 0.120. The molecule has 0 saturated heterocycles. The Morgan fingerprint density at radius 3 is 2.69 bits per heavy atom. The monoisotopic (exact) mass is 391 g/mol. The number of rotatable bonds is 5. The maximum absolute atomic E-state index is 12.4. The first-order valence-electron chi connectivity index (χ1n) is 7.95. The van der Waals surface area contributed by atoms with E-state index in [0.29, 0.717) is 34.0 Å². The van der Waals surface area contributed by atoms with Gasteiger partial charge >= 0.3 is 5.63 Å². The van der Waals surface area contributed by atoms with Crippen molar-refractivity contribution in [2.45, 2.75) is 13.3 Å². The van der Waals surface area contributed by atoms with E-state index >= 15 is 0 Å². The third-order valence-electron chi connectivity index (χ3n) is 3.60. The van der Waals surface area contributed by atoms with E-state index in [0.717, 1.165) is 6.42 Å². The van der Waals surface area contributed by atoms with Crippen molar-refractivity contribution in [1.29, 1.82) is 0 Å². The summed E-state index contributed by atoms with van der Waals surface area (Å²) in [5, 5.41) is 3.91. The highest BCUT2D eigenvalue weighted by Gasteiger charge is 2.15. The van der Waals surface area contributed by atoms with E-state index in [2.05, 4.69) is 5.32 Å². The summed E-state index contributed by atoms with van der Waals surface area (Å²) in [5.41, 5.74) is -0.160. The highest BCUT2D eigenvalue weighted by molar-refractivity contribution is 6.36. The molecule has 3 rings (SSSR count). The van der Waals surface area contributed by atoms with Gasteiger partial charge in [0.2, 0.25) is 0 Å². The third-order valence-corrected chi connectivity index (χ3v) is 4.15. The van der Waals surface area contributed by atoms with Crippen LogP contribution in [0.2, 0.25) is 10.0 Å². The second kappa shape index (κ2) is 7.81. The van der Waals surface area contributed by atoms with Crippen LogP contribution in [0.1, 0.15) is 23.7 Å². The van der Waals surface area contributed by atoms with Crippen molar-refractivity contribution >= 4 is 45.8 Å². The summed E-state index contributed by atoms with van der Waals surface area (Å²) in [5.74, 6) is -0.0103. The molecule has 0 saturated carbocycles. The Morgan fingerprint density at radius 2 is 1.96 bits per heavy atom. The Labute approximate surface area is 159 Å². The van der Waals surface area contributed by atoms with Crippen molar-refractivity contribution in [3.8, 4) is 5.75 Å². The van der Waals surface area contributed by atoms with Gasteiger partial charge in [0.1, 0.15) is 16.9 Å². The van der Waals surface area contributed by atoms with Crippen LogP contribution in [0, 0.1) is 0 Å². The fraction of sp³-hybridized carbons (Fsp3) is 0.158. The highest BCUT2D eigenvalue weighted by atomic mass is 35.5. The molecule has 1 N–H and O–H groups in total. The van der Waals surface area contributed by atoms with Crippen LogP contribution in [0.15, 0.2) is 51.7 Å². The van der Waals surface area contributed by atoms with Crippen LogP contribution in [-0.4, -0.2) is 12.5 Å². The molecule has 0 radical (unpaired) electrons. The molecule has 7 heteroatoms. The van der Waals surface area contributed by atoms with Gasteiger partial charge in [0.15, 0.2) is 0 Å². The van der Waals surface area contributed by atoms with Gasteiger partial charge in [-0.1, -0.05) is 30.1 Å². The lowest BCUT2D eigenvalue weighted by molar-refractivity contribution is 0.102. The largest absolute Gasteiger partial charge is 0.493 e. The number of carbonyl (C=O) groups is 1. The molecule has 0 unspecified atom stereocenters. The zero-order valence-corrected chi connectivity index (χ0v) is 15.4. The van der Waals surface area contributed by atoms with Crippen molar-refractivity contribution in [1.82, 2.24) is 0 Å². The Bertz CT molecular complexity index is 1030. The van der Waals surface area contributed by atoms with Crippen molar-refractivity contribution in [2.24, 2.45) is 0 Å². The van der Waals surface area contributed by atoms with Crippen LogP contribution in [-0.2, 0) is 0 Å². The standard InChI is InChI=1S/C19H15Cl2NO4/c1-2-7-25-13-5-3-11-8-14(19(24)26-17(11)10-13)18(23)22-16-6-4-12(20)9-15(16)21/h3-6,8-10H,2,7H2,1H3,(H,22,23). The summed E-state index contributed by atoms with van der Waals surface area (Å²) in [7, 11) is 0. The number of halogens is 2. The van der Waals surface area contributed by atoms with Crippen LogP contribution in [0.25, 0.3) is 11.0 Å². The second-order valence-electron chi connectivity index (χ2n) is 5.57. The van der Waals surface area contributed by atoms with Gasteiger partial charge in [-0.25, -0.2) is 4.79 Å². The van der Waals surface area contributed by atoms with Crippen molar-refractivity contribution in [3.63, 3.8) is 0 Å². The molecule has 0 spiro atoms. The Balaban J connectivity index is 1.90. The molecule has 1 aromatic heterocycles. The Kier molecular flexibility index (Phi) is 5.49. The molecule has 26 heavy (non-hydrogen) atoms.